The molecule has 4 aromatic rings. The van der Waals surface area contributed by atoms with Gasteiger partial charge in [0.15, 0.2) is 0 Å². The first-order valence-electron chi connectivity index (χ1n) is 11.5. The van der Waals surface area contributed by atoms with Crippen LogP contribution in [0.25, 0.3) is 10.9 Å². The van der Waals surface area contributed by atoms with Crippen LogP contribution < -0.4 is 20.2 Å². The minimum atomic E-state index is -3.97. The molecule has 0 saturated carbocycles. The number of anilines is 1. The molecule has 0 spiro atoms. The van der Waals surface area contributed by atoms with E-state index in [-0.39, 0.29) is 15.8 Å². The van der Waals surface area contributed by atoms with E-state index >= 15 is 0 Å². The number of amides is 1. The molecule has 3 N–H and O–H groups in total. The number of carbonyl (C=O) groups is 1. The third-order valence-electron chi connectivity index (χ3n) is 5.61. The quantitative estimate of drug-likeness (QED) is 0.318. The Kier molecular flexibility index (Phi) is 7.40. The third kappa shape index (κ3) is 5.75. The average molecular weight is 506 g/mol. The van der Waals surface area contributed by atoms with Crippen LogP contribution in [-0.2, 0) is 16.4 Å². The molecule has 0 aliphatic rings. The molecule has 0 radical (unpaired) electrons. The maximum Gasteiger partial charge on any atom is 0.261 e. The summed E-state index contributed by atoms with van der Waals surface area (Å²) in [5, 5.41) is 2.87. The summed E-state index contributed by atoms with van der Waals surface area (Å²) in [7, 11) is -3.97. The van der Waals surface area contributed by atoms with Crippen LogP contribution in [0.5, 0.6) is 5.75 Å². The minimum Gasteiger partial charge on any atom is -0.494 e. The molecule has 9 heteroatoms. The molecule has 4 rings (SSSR count). The van der Waals surface area contributed by atoms with Gasteiger partial charge >= 0.3 is 0 Å². The summed E-state index contributed by atoms with van der Waals surface area (Å²) in [5.74, 6) is 0.106. The number of benzene rings is 3. The molecule has 0 aliphatic heterocycles. The van der Waals surface area contributed by atoms with Crippen LogP contribution in [0.4, 0.5) is 5.69 Å². The van der Waals surface area contributed by atoms with Crippen molar-refractivity contribution in [2.45, 2.75) is 25.2 Å². The minimum absolute atomic E-state index is 0.0826. The summed E-state index contributed by atoms with van der Waals surface area (Å²) in [5.41, 5.74) is 2.37. The zero-order valence-electron chi connectivity index (χ0n) is 20.0. The van der Waals surface area contributed by atoms with Crippen molar-refractivity contribution < 1.29 is 17.9 Å². The van der Waals surface area contributed by atoms with Gasteiger partial charge in [-0.05, 0) is 68.3 Å². The fraction of sp³-hybridized carbons (Fsp3) is 0.185. The maximum absolute atomic E-state index is 13.1. The van der Waals surface area contributed by atoms with E-state index in [0.29, 0.717) is 36.5 Å². The van der Waals surface area contributed by atoms with Crippen molar-refractivity contribution in [3.8, 4) is 5.75 Å². The zero-order chi connectivity index (χ0) is 25.7. The molecule has 8 nitrogen and oxygen atoms in total. The molecule has 0 atom stereocenters. The molecule has 3 aromatic carbocycles. The molecule has 1 heterocycles. The second-order valence-corrected chi connectivity index (χ2v) is 9.98. The fourth-order valence-electron chi connectivity index (χ4n) is 3.82. The van der Waals surface area contributed by atoms with Gasteiger partial charge < -0.3 is 15.0 Å². The van der Waals surface area contributed by atoms with Gasteiger partial charge in [-0.25, -0.2) is 8.42 Å². The Bertz CT molecular complexity index is 1560. The van der Waals surface area contributed by atoms with Crippen LogP contribution in [0.1, 0.15) is 28.4 Å². The van der Waals surface area contributed by atoms with Crippen LogP contribution in [-0.4, -0.2) is 32.5 Å². The van der Waals surface area contributed by atoms with Crippen molar-refractivity contribution in [2.75, 3.05) is 17.9 Å². The van der Waals surface area contributed by atoms with E-state index in [2.05, 4.69) is 15.0 Å². The molecule has 0 fully saturated rings. The van der Waals surface area contributed by atoms with Gasteiger partial charge in [-0.1, -0.05) is 29.8 Å². The number of H-pyrrole nitrogens is 1. The number of aromatic amines is 1. The first kappa shape index (κ1) is 25.0. The lowest BCUT2D eigenvalue weighted by Gasteiger charge is -2.10. The van der Waals surface area contributed by atoms with E-state index in [1.54, 1.807) is 24.3 Å². The number of pyridine rings is 1. The molecule has 0 aliphatic carbocycles. The molecule has 36 heavy (non-hydrogen) atoms. The highest BCUT2D eigenvalue weighted by molar-refractivity contribution is 7.92. The lowest BCUT2D eigenvalue weighted by molar-refractivity contribution is 0.0953. The van der Waals surface area contributed by atoms with Gasteiger partial charge in [-0.2, -0.15) is 0 Å². The predicted octanol–water partition coefficient (Wildman–Crippen LogP) is 4.01. The number of hydrogen-bond donors (Lipinski definition) is 3. The molecule has 1 amide bonds. The van der Waals surface area contributed by atoms with Crippen molar-refractivity contribution in [1.82, 2.24) is 10.3 Å². The first-order valence-corrected chi connectivity index (χ1v) is 13.0. The SMILES string of the molecule is CCOc1ccc(NS(=O)(=O)c2ccc3[nH]cc(C(=O)NCCc4cccc(C)c4)c(=O)c3c2)cc1. The van der Waals surface area contributed by atoms with Crippen LogP contribution in [0.3, 0.4) is 0 Å². The summed E-state index contributed by atoms with van der Waals surface area (Å²) in [4.78, 5) is 28.6. The van der Waals surface area contributed by atoms with Crippen molar-refractivity contribution in [2.24, 2.45) is 0 Å². The number of hydrogen-bond acceptors (Lipinski definition) is 5. The summed E-state index contributed by atoms with van der Waals surface area (Å²) in [6, 6.07) is 18.7. The molecule has 0 saturated heterocycles. The standard InChI is InChI=1S/C27H27N3O5S/c1-3-35-21-9-7-20(8-10-21)30-36(33,34)22-11-12-25-23(16-22)26(31)24(17-29-25)27(32)28-14-13-19-6-4-5-18(2)15-19/h4-12,15-17,30H,3,13-14H2,1-2H3,(H,28,32)(H,29,31). The van der Waals surface area contributed by atoms with Gasteiger partial charge in [0.25, 0.3) is 15.9 Å². The van der Waals surface area contributed by atoms with Crippen molar-refractivity contribution in [1.29, 1.82) is 0 Å². The van der Waals surface area contributed by atoms with E-state index in [9.17, 15) is 18.0 Å². The number of carbonyl (C=O) groups excluding carboxylic acids is 1. The van der Waals surface area contributed by atoms with Gasteiger partial charge in [0, 0.05) is 29.3 Å². The number of ether oxygens (including phenoxy) is 1. The molecule has 0 unspecified atom stereocenters. The fourth-order valence-corrected chi connectivity index (χ4v) is 4.90. The van der Waals surface area contributed by atoms with Crippen molar-refractivity contribution in [3.63, 3.8) is 0 Å². The van der Waals surface area contributed by atoms with Crippen LogP contribution in [0.2, 0.25) is 0 Å². The Balaban J connectivity index is 1.53. The van der Waals surface area contributed by atoms with E-state index < -0.39 is 21.4 Å². The molecular weight excluding hydrogens is 478 g/mol. The van der Waals surface area contributed by atoms with Gasteiger partial charge in [0.1, 0.15) is 11.3 Å². The molecule has 186 valence electrons. The van der Waals surface area contributed by atoms with Gasteiger partial charge in [0.05, 0.1) is 11.5 Å². The molecule has 0 bridgehead atoms. The highest BCUT2D eigenvalue weighted by Crippen LogP contribution is 2.21. The second-order valence-electron chi connectivity index (χ2n) is 8.30. The molecule has 1 aromatic heterocycles. The number of fused-ring (bicyclic) bond motifs is 1. The Morgan fingerprint density at radius 3 is 2.53 bits per heavy atom. The monoisotopic (exact) mass is 505 g/mol. The second kappa shape index (κ2) is 10.7. The Hall–Kier alpha value is -4.11. The molecular formula is C27H27N3O5S. The van der Waals surface area contributed by atoms with Crippen LogP contribution in [0.15, 0.2) is 82.6 Å². The highest BCUT2D eigenvalue weighted by atomic mass is 32.2. The summed E-state index contributed by atoms with van der Waals surface area (Å²) in [6.07, 6.45) is 1.97. The van der Waals surface area contributed by atoms with Gasteiger partial charge in [-0.3, -0.25) is 14.3 Å². The summed E-state index contributed by atoms with van der Waals surface area (Å²) >= 11 is 0. The number of rotatable bonds is 9. The predicted molar refractivity (Wildman–Crippen MR) is 140 cm³/mol. The highest BCUT2D eigenvalue weighted by Gasteiger charge is 2.18. The van der Waals surface area contributed by atoms with Crippen molar-refractivity contribution in [3.05, 3.63) is 99.8 Å². The van der Waals surface area contributed by atoms with E-state index in [4.69, 9.17) is 4.74 Å². The summed E-state index contributed by atoms with van der Waals surface area (Å²) < 4.78 is 33.8. The summed E-state index contributed by atoms with van der Waals surface area (Å²) in [6.45, 7) is 4.72. The number of aryl methyl sites for hydroxylation is 1. The maximum atomic E-state index is 13.1. The van der Waals surface area contributed by atoms with Crippen LogP contribution >= 0.6 is 0 Å². The lowest BCUT2D eigenvalue weighted by Crippen LogP contribution is -2.30. The number of sulfonamides is 1. The lowest BCUT2D eigenvalue weighted by atomic mass is 10.1. The first-order chi connectivity index (χ1) is 17.3. The van der Waals surface area contributed by atoms with E-state index in [1.165, 1.54) is 24.4 Å². The topological polar surface area (TPSA) is 117 Å². The third-order valence-corrected chi connectivity index (χ3v) is 6.99. The Labute approximate surface area is 209 Å². The van der Waals surface area contributed by atoms with Gasteiger partial charge in [0.2, 0.25) is 5.43 Å². The van der Waals surface area contributed by atoms with Crippen LogP contribution in [0, 0.1) is 6.92 Å². The van der Waals surface area contributed by atoms with Gasteiger partial charge in [-0.15, -0.1) is 0 Å². The largest absolute Gasteiger partial charge is 0.494 e. The zero-order valence-corrected chi connectivity index (χ0v) is 20.8. The van der Waals surface area contributed by atoms with E-state index in [0.717, 1.165) is 11.1 Å². The number of nitrogens with one attached hydrogen (secondary N) is 3. The Morgan fingerprint density at radius 2 is 1.81 bits per heavy atom. The number of aromatic nitrogens is 1. The smallest absolute Gasteiger partial charge is 0.261 e. The normalized spacial score (nSPS) is 11.3. The average Bonchev–Trinajstić information content (AvgIpc) is 2.85. The van der Waals surface area contributed by atoms with Crippen molar-refractivity contribution >= 4 is 32.5 Å². The van der Waals surface area contributed by atoms with E-state index in [1.807, 2.05) is 38.1 Å². The Morgan fingerprint density at radius 1 is 1.03 bits per heavy atom.